The molecule has 0 radical (unpaired) electrons. The highest BCUT2D eigenvalue weighted by Crippen LogP contribution is 2.18. The van der Waals surface area contributed by atoms with E-state index in [9.17, 15) is 13.2 Å². The molecular formula is C12H12N2O4S. The number of sulfonamides is 1. The van der Waals surface area contributed by atoms with Gasteiger partial charge in [0, 0.05) is 18.1 Å². The van der Waals surface area contributed by atoms with E-state index < -0.39 is 16.0 Å². The Balaban J connectivity index is 2.65. The molecule has 0 fully saturated rings. The zero-order chi connectivity index (χ0) is 14.0. The summed E-state index contributed by atoms with van der Waals surface area (Å²) in [5.41, 5.74) is 0.634. The maximum absolute atomic E-state index is 11.5. The zero-order valence-electron chi connectivity index (χ0n) is 10.1. The first-order valence-corrected chi connectivity index (χ1v) is 6.86. The number of methoxy groups -OCH3 is 1. The van der Waals surface area contributed by atoms with Crippen molar-refractivity contribution in [2.75, 3.05) is 7.11 Å². The number of hydrogen-bond donors (Lipinski definition) is 1. The molecule has 0 bridgehead atoms. The SMILES string of the molecule is COC(=O)c1cc(-n2cccc2)cc(S(N)(=O)=O)c1. The fraction of sp³-hybridized carbons (Fsp3) is 0.0833. The monoisotopic (exact) mass is 280 g/mol. The van der Waals surface area contributed by atoms with Crippen molar-refractivity contribution in [3.63, 3.8) is 0 Å². The third-order valence-corrected chi connectivity index (χ3v) is 3.44. The van der Waals surface area contributed by atoms with Crippen molar-refractivity contribution in [3.05, 3.63) is 48.3 Å². The fourth-order valence-corrected chi connectivity index (χ4v) is 2.22. The molecule has 0 saturated heterocycles. The summed E-state index contributed by atoms with van der Waals surface area (Å²) in [6.45, 7) is 0. The summed E-state index contributed by atoms with van der Waals surface area (Å²) in [5.74, 6) is -0.626. The van der Waals surface area contributed by atoms with Crippen molar-refractivity contribution >= 4 is 16.0 Å². The van der Waals surface area contributed by atoms with Gasteiger partial charge < -0.3 is 9.30 Å². The molecule has 1 aromatic carbocycles. The van der Waals surface area contributed by atoms with Gasteiger partial charge >= 0.3 is 5.97 Å². The Hall–Kier alpha value is -2.12. The van der Waals surface area contributed by atoms with Crippen LogP contribution in [0.4, 0.5) is 0 Å². The topological polar surface area (TPSA) is 91.4 Å². The van der Waals surface area contributed by atoms with Crippen LogP contribution in [0.3, 0.4) is 0 Å². The quantitative estimate of drug-likeness (QED) is 0.846. The van der Waals surface area contributed by atoms with E-state index in [1.54, 1.807) is 29.1 Å². The second kappa shape index (κ2) is 4.87. The van der Waals surface area contributed by atoms with E-state index in [1.807, 2.05) is 0 Å². The Labute approximate surface area is 110 Å². The van der Waals surface area contributed by atoms with Crippen LogP contribution in [0.25, 0.3) is 5.69 Å². The van der Waals surface area contributed by atoms with Crippen LogP contribution in [0.5, 0.6) is 0 Å². The molecule has 0 spiro atoms. The first-order chi connectivity index (χ1) is 8.91. The van der Waals surface area contributed by atoms with Gasteiger partial charge in [-0.2, -0.15) is 0 Å². The fourth-order valence-electron chi connectivity index (χ4n) is 1.64. The summed E-state index contributed by atoms with van der Waals surface area (Å²) in [6.07, 6.45) is 3.45. The van der Waals surface area contributed by atoms with E-state index in [0.29, 0.717) is 5.69 Å². The number of primary sulfonamides is 1. The van der Waals surface area contributed by atoms with E-state index in [0.717, 1.165) is 0 Å². The molecule has 100 valence electrons. The number of hydrogen-bond acceptors (Lipinski definition) is 4. The molecule has 19 heavy (non-hydrogen) atoms. The van der Waals surface area contributed by atoms with Crippen molar-refractivity contribution < 1.29 is 17.9 Å². The van der Waals surface area contributed by atoms with Gasteiger partial charge in [0.1, 0.15) is 0 Å². The molecular weight excluding hydrogens is 268 g/mol. The molecule has 2 aromatic rings. The maximum Gasteiger partial charge on any atom is 0.337 e. The van der Waals surface area contributed by atoms with E-state index in [1.165, 1.54) is 25.3 Å². The van der Waals surface area contributed by atoms with Crippen molar-refractivity contribution in [2.24, 2.45) is 5.14 Å². The van der Waals surface area contributed by atoms with Crippen LogP contribution in [0, 0.1) is 0 Å². The van der Waals surface area contributed by atoms with Gasteiger partial charge in [-0.15, -0.1) is 0 Å². The molecule has 0 unspecified atom stereocenters. The predicted octanol–water partition coefficient (Wildman–Crippen LogP) is 0.911. The van der Waals surface area contributed by atoms with Gasteiger partial charge in [-0.05, 0) is 30.3 Å². The molecule has 0 aliphatic heterocycles. The molecule has 0 amide bonds. The third kappa shape index (κ3) is 2.83. The highest BCUT2D eigenvalue weighted by Gasteiger charge is 2.15. The van der Waals surface area contributed by atoms with Crippen LogP contribution in [0.15, 0.2) is 47.6 Å². The average Bonchev–Trinajstić information content (AvgIpc) is 2.90. The van der Waals surface area contributed by atoms with Crippen LogP contribution in [0.2, 0.25) is 0 Å². The summed E-state index contributed by atoms with van der Waals surface area (Å²) in [4.78, 5) is 11.4. The van der Waals surface area contributed by atoms with Crippen LogP contribution in [-0.2, 0) is 14.8 Å². The molecule has 1 aromatic heterocycles. The number of nitrogens with zero attached hydrogens (tertiary/aromatic N) is 1. The Morgan fingerprint density at radius 1 is 1.21 bits per heavy atom. The predicted molar refractivity (Wildman–Crippen MR) is 68.5 cm³/mol. The number of esters is 1. The molecule has 0 aliphatic rings. The van der Waals surface area contributed by atoms with Crippen molar-refractivity contribution in [2.45, 2.75) is 4.90 Å². The molecule has 1 heterocycles. The van der Waals surface area contributed by atoms with E-state index >= 15 is 0 Å². The second-order valence-corrected chi connectivity index (χ2v) is 5.40. The van der Waals surface area contributed by atoms with Crippen molar-refractivity contribution in [1.82, 2.24) is 4.57 Å². The smallest absolute Gasteiger partial charge is 0.337 e. The first-order valence-electron chi connectivity index (χ1n) is 5.31. The maximum atomic E-state index is 11.5. The van der Waals surface area contributed by atoms with Crippen LogP contribution in [0.1, 0.15) is 10.4 Å². The average molecular weight is 280 g/mol. The summed E-state index contributed by atoms with van der Waals surface area (Å²) >= 11 is 0. The number of aromatic nitrogens is 1. The van der Waals surface area contributed by atoms with Gasteiger partial charge in [0.2, 0.25) is 10.0 Å². The number of rotatable bonds is 3. The molecule has 7 heteroatoms. The zero-order valence-corrected chi connectivity index (χ0v) is 10.9. The number of nitrogens with two attached hydrogens (primary N) is 1. The second-order valence-electron chi connectivity index (χ2n) is 3.84. The minimum Gasteiger partial charge on any atom is -0.465 e. The Morgan fingerprint density at radius 2 is 1.84 bits per heavy atom. The Bertz CT molecular complexity index is 705. The van der Waals surface area contributed by atoms with Gasteiger partial charge in [-0.3, -0.25) is 0 Å². The van der Waals surface area contributed by atoms with Gasteiger partial charge in [0.05, 0.1) is 17.6 Å². The summed E-state index contributed by atoms with van der Waals surface area (Å²) in [5, 5.41) is 5.10. The van der Waals surface area contributed by atoms with Crippen molar-refractivity contribution in [3.8, 4) is 5.69 Å². The minimum atomic E-state index is -3.90. The number of ether oxygens (including phenoxy) is 1. The normalized spacial score (nSPS) is 11.3. The van der Waals surface area contributed by atoms with Crippen LogP contribution in [-0.4, -0.2) is 26.1 Å². The summed E-state index contributed by atoms with van der Waals surface area (Å²) in [7, 11) is -2.68. The van der Waals surface area contributed by atoms with E-state index in [4.69, 9.17) is 5.14 Å². The number of benzene rings is 1. The molecule has 0 aliphatic carbocycles. The van der Waals surface area contributed by atoms with Crippen LogP contribution >= 0.6 is 0 Å². The Kier molecular flexibility index (Phi) is 3.41. The summed E-state index contributed by atoms with van der Waals surface area (Å²) in [6, 6.07) is 7.67. The van der Waals surface area contributed by atoms with Crippen LogP contribution < -0.4 is 5.14 Å². The molecule has 0 atom stereocenters. The molecule has 2 N–H and O–H groups in total. The van der Waals surface area contributed by atoms with E-state index in [-0.39, 0.29) is 10.5 Å². The highest BCUT2D eigenvalue weighted by molar-refractivity contribution is 7.89. The lowest BCUT2D eigenvalue weighted by Crippen LogP contribution is -2.14. The van der Waals surface area contributed by atoms with Gasteiger partial charge in [0.15, 0.2) is 0 Å². The van der Waals surface area contributed by atoms with Gasteiger partial charge in [-0.25, -0.2) is 18.4 Å². The number of carbonyl (C=O) groups excluding carboxylic acids is 1. The van der Waals surface area contributed by atoms with E-state index in [2.05, 4.69) is 4.74 Å². The van der Waals surface area contributed by atoms with Crippen molar-refractivity contribution in [1.29, 1.82) is 0 Å². The lowest BCUT2D eigenvalue weighted by Gasteiger charge is -2.08. The Morgan fingerprint density at radius 3 is 2.37 bits per heavy atom. The largest absolute Gasteiger partial charge is 0.465 e. The number of carbonyl (C=O) groups is 1. The highest BCUT2D eigenvalue weighted by atomic mass is 32.2. The molecule has 0 saturated carbocycles. The molecule has 2 rings (SSSR count). The van der Waals surface area contributed by atoms with Gasteiger partial charge in [0.25, 0.3) is 0 Å². The lowest BCUT2D eigenvalue weighted by molar-refractivity contribution is 0.0600. The third-order valence-electron chi connectivity index (χ3n) is 2.54. The first kappa shape index (κ1) is 13.3. The minimum absolute atomic E-state index is 0.123. The molecule has 6 nitrogen and oxygen atoms in total. The standard InChI is InChI=1S/C12H12N2O4S/c1-18-12(15)9-6-10(14-4-2-3-5-14)8-11(7-9)19(13,16)17/h2-8H,1H3,(H2,13,16,17). The van der Waals surface area contributed by atoms with Gasteiger partial charge in [-0.1, -0.05) is 0 Å². The summed E-state index contributed by atoms with van der Waals surface area (Å²) < 4.78 is 29.1. The lowest BCUT2D eigenvalue weighted by atomic mass is 10.2.